The summed E-state index contributed by atoms with van der Waals surface area (Å²) in [6.45, 7) is 16.9. The molecule has 2 heteroatoms. The van der Waals surface area contributed by atoms with Gasteiger partial charge in [0, 0.05) is 5.54 Å². The van der Waals surface area contributed by atoms with Gasteiger partial charge in [-0.3, -0.25) is 11.3 Å². The van der Waals surface area contributed by atoms with Crippen LogP contribution in [0.1, 0.15) is 48.5 Å². The van der Waals surface area contributed by atoms with Gasteiger partial charge in [-0.1, -0.05) is 41.5 Å². The van der Waals surface area contributed by atoms with Crippen molar-refractivity contribution in [3.63, 3.8) is 0 Å². The summed E-state index contributed by atoms with van der Waals surface area (Å²) in [5, 5.41) is 0. The number of hydrogen-bond donors (Lipinski definition) is 2. The van der Waals surface area contributed by atoms with Crippen LogP contribution in [0.4, 0.5) is 0 Å². The van der Waals surface area contributed by atoms with Gasteiger partial charge >= 0.3 is 0 Å². The van der Waals surface area contributed by atoms with Crippen molar-refractivity contribution >= 4 is 0 Å². The Bertz CT molecular complexity index is 316. The summed E-state index contributed by atoms with van der Waals surface area (Å²) in [4.78, 5) is 0. The zero-order valence-corrected chi connectivity index (χ0v) is 12.5. The molecule has 2 aliphatic rings. The van der Waals surface area contributed by atoms with Crippen molar-refractivity contribution in [3.05, 3.63) is 0 Å². The third-order valence-corrected chi connectivity index (χ3v) is 7.42. The van der Waals surface area contributed by atoms with Crippen molar-refractivity contribution in [1.29, 1.82) is 0 Å². The van der Waals surface area contributed by atoms with E-state index in [0.717, 1.165) is 23.7 Å². The first-order valence-electron chi connectivity index (χ1n) is 7.20. The van der Waals surface area contributed by atoms with Crippen LogP contribution < -0.4 is 11.3 Å². The second-order valence-electron chi connectivity index (χ2n) is 7.33. The summed E-state index contributed by atoms with van der Waals surface area (Å²) in [5.41, 5.74) is 3.75. The molecule has 2 rings (SSSR count). The fourth-order valence-corrected chi connectivity index (χ4v) is 5.13. The number of fused-ring (bicyclic) bond motifs is 1. The fourth-order valence-electron chi connectivity index (χ4n) is 5.13. The molecule has 0 aliphatic heterocycles. The van der Waals surface area contributed by atoms with E-state index in [2.05, 4.69) is 53.9 Å². The quantitative estimate of drug-likeness (QED) is 0.544. The zero-order chi connectivity index (χ0) is 13.2. The molecule has 0 saturated heterocycles. The van der Waals surface area contributed by atoms with Crippen LogP contribution in [0.25, 0.3) is 0 Å². The molecule has 2 aliphatic carbocycles. The SMILES string of the molecule is CC1C(C)C(C)(NN)C(C)C(C)[C@]2(C)C(C)[C@@H]12. The molecule has 3 N–H and O–H groups in total. The molecular formula is C15H30N2. The van der Waals surface area contributed by atoms with Gasteiger partial charge in [-0.2, -0.15) is 0 Å². The molecule has 8 atom stereocenters. The van der Waals surface area contributed by atoms with E-state index in [4.69, 9.17) is 5.84 Å². The minimum atomic E-state index is 0.0645. The van der Waals surface area contributed by atoms with E-state index in [-0.39, 0.29) is 5.54 Å². The van der Waals surface area contributed by atoms with Gasteiger partial charge in [0.2, 0.25) is 0 Å². The normalized spacial score (nSPS) is 62.8. The molecular weight excluding hydrogens is 208 g/mol. The smallest absolute Gasteiger partial charge is 0.0349 e. The second kappa shape index (κ2) is 3.71. The molecule has 0 bridgehead atoms. The van der Waals surface area contributed by atoms with Gasteiger partial charge in [-0.15, -0.1) is 0 Å². The average molecular weight is 238 g/mol. The van der Waals surface area contributed by atoms with Crippen LogP contribution in [0.5, 0.6) is 0 Å². The van der Waals surface area contributed by atoms with Gasteiger partial charge < -0.3 is 0 Å². The van der Waals surface area contributed by atoms with Gasteiger partial charge in [-0.25, -0.2) is 0 Å². The minimum absolute atomic E-state index is 0.0645. The van der Waals surface area contributed by atoms with Crippen molar-refractivity contribution in [2.24, 2.45) is 46.8 Å². The van der Waals surface area contributed by atoms with Gasteiger partial charge in [0.1, 0.15) is 0 Å². The summed E-state index contributed by atoms with van der Waals surface area (Å²) in [5.74, 6) is 10.4. The number of rotatable bonds is 1. The number of nitrogens with one attached hydrogen (secondary N) is 1. The van der Waals surface area contributed by atoms with Crippen LogP contribution in [-0.2, 0) is 0 Å². The topological polar surface area (TPSA) is 38.0 Å². The van der Waals surface area contributed by atoms with Crippen molar-refractivity contribution in [2.75, 3.05) is 0 Å². The highest BCUT2D eigenvalue weighted by Crippen LogP contribution is 2.71. The van der Waals surface area contributed by atoms with Crippen molar-refractivity contribution in [1.82, 2.24) is 5.43 Å². The van der Waals surface area contributed by atoms with Crippen LogP contribution in [-0.4, -0.2) is 5.54 Å². The van der Waals surface area contributed by atoms with Gasteiger partial charge in [0.05, 0.1) is 0 Å². The summed E-state index contributed by atoms with van der Waals surface area (Å²) in [6.07, 6.45) is 0. The van der Waals surface area contributed by atoms with Crippen molar-refractivity contribution in [2.45, 2.75) is 54.0 Å². The first-order chi connectivity index (χ1) is 7.72. The molecule has 0 radical (unpaired) electrons. The van der Waals surface area contributed by atoms with Crippen LogP contribution in [0.2, 0.25) is 0 Å². The van der Waals surface area contributed by atoms with E-state index >= 15 is 0 Å². The fraction of sp³-hybridized carbons (Fsp3) is 1.00. The lowest BCUT2D eigenvalue weighted by molar-refractivity contribution is 0.0872. The molecule has 0 spiro atoms. The molecule has 100 valence electrons. The monoisotopic (exact) mass is 238 g/mol. The van der Waals surface area contributed by atoms with E-state index in [0.29, 0.717) is 17.3 Å². The summed E-state index contributed by atoms with van der Waals surface area (Å²) in [7, 11) is 0. The highest BCUT2D eigenvalue weighted by atomic mass is 15.3. The van der Waals surface area contributed by atoms with E-state index in [1.807, 2.05) is 0 Å². The minimum Gasteiger partial charge on any atom is -0.271 e. The highest BCUT2D eigenvalue weighted by molar-refractivity contribution is 5.17. The molecule has 17 heavy (non-hydrogen) atoms. The number of hydrogen-bond acceptors (Lipinski definition) is 2. The Morgan fingerprint density at radius 3 is 1.82 bits per heavy atom. The maximum atomic E-state index is 5.90. The van der Waals surface area contributed by atoms with E-state index in [9.17, 15) is 0 Å². The standard InChI is InChI=1S/C15H30N2/c1-8-9(2)15(7,17-16)11(4)10(3)14(6)12(5)13(8)14/h8-13,17H,16H2,1-7H3/t8?,9?,10?,11?,12?,13-,14-,15?/m1/s1. The lowest BCUT2D eigenvalue weighted by Crippen LogP contribution is -2.58. The maximum absolute atomic E-state index is 5.90. The van der Waals surface area contributed by atoms with Gasteiger partial charge in [0.25, 0.3) is 0 Å². The van der Waals surface area contributed by atoms with Crippen LogP contribution in [0.15, 0.2) is 0 Å². The molecule has 0 heterocycles. The third kappa shape index (κ3) is 1.40. The second-order valence-corrected chi connectivity index (χ2v) is 7.33. The maximum Gasteiger partial charge on any atom is 0.0349 e. The molecule has 6 unspecified atom stereocenters. The van der Waals surface area contributed by atoms with Crippen molar-refractivity contribution < 1.29 is 0 Å². The van der Waals surface area contributed by atoms with E-state index in [1.54, 1.807) is 0 Å². The Kier molecular flexibility index (Phi) is 2.91. The Labute approximate surface area is 107 Å². The van der Waals surface area contributed by atoms with E-state index in [1.165, 1.54) is 0 Å². The summed E-state index contributed by atoms with van der Waals surface area (Å²) < 4.78 is 0. The molecule has 2 fully saturated rings. The predicted octanol–water partition coefficient (Wildman–Crippen LogP) is 3.04. The lowest BCUT2D eigenvalue weighted by Gasteiger charge is -2.44. The molecule has 2 saturated carbocycles. The largest absolute Gasteiger partial charge is 0.271 e. The van der Waals surface area contributed by atoms with Crippen molar-refractivity contribution in [3.8, 4) is 0 Å². The summed E-state index contributed by atoms with van der Waals surface area (Å²) in [6, 6.07) is 0. The van der Waals surface area contributed by atoms with Crippen LogP contribution in [0, 0.1) is 40.9 Å². The summed E-state index contributed by atoms with van der Waals surface area (Å²) >= 11 is 0. The van der Waals surface area contributed by atoms with Crippen LogP contribution >= 0.6 is 0 Å². The highest BCUT2D eigenvalue weighted by Gasteiger charge is 2.68. The molecule has 0 amide bonds. The zero-order valence-electron chi connectivity index (χ0n) is 12.5. The number of hydrazine groups is 1. The Morgan fingerprint density at radius 1 is 0.824 bits per heavy atom. The van der Waals surface area contributed by atoms with Gasteiger partial charge in [0.15, 0.2) is 0 Å². The molecule has 0 aromatic heterocycles. The predicted molar refractivity (Wildman–Crippen MR) is 73.1 cm³/mol. The first-order valence-corrected chi connectivity index (χ1v) is 7.20. The van der Waals surface area contributed by atoms with Gasteiger partial charge in [-0.05, 0) is 47.8 Å². The van der Waals surface area contributed by atoms with E-state index < -0.39 is 0 Å². The molecule has 2 nitrogen and oxygen atoms in total. The Morgan fingerprint density at radius 2 is 1.35 bits per heavy atom. The lowest BCUT2D eigenvalue weighted by atomic mass is 9.67. The average Bonchev–Trinajstić information content (AvgIpc) is 2.88. The third-order valence-electron chi connectivity index (χ3n) is 7.42. The Hall–Kier alpha value is -0.0800. The van der Waals surface area contributed by atoms with Crippen LogP contribution in [0.3, 0.4) is 0 Å². The molecule has 0 aromatic carbocycles. The Balaban J connectivity index is 2.42. The first kappa shape index (κ1) is 13.4. The number of nitrogens with two attached hydrogens (primary N) is 1. The molecule has 0 aromatic rings.